The first-order valence-electron chi connectivity index (χ1n) is 8.16. The number of hydrogen-bond donors (Lipinski definition) is 2. The summed E-state index contributed by atoms with van der Waals surface area (Å²) in [5.41, 5.74) is 2.64. The highest BCUT2D eigenvalue weighted by atomic mass is 16.2. The average Bonchev–Trinajstić information content (AvgIpc) is 3.32. The molecule has 0 radical (unpaired) electrons. The van der Waals surface area contributed by atoms with Gasteiger partial charge in [0.25, 0.3) is 0 Å². The van der Waals surface area contributed by atoms with Gasteiger partial charge in [0.05, 0.1) is 12.4 Å². The van der Waals surface area contributed by atoms with E-state index in [1.807, 2.05) is 60.2 Å². The number of nitrogens with zero attached hydrogens (tertiary/aromatic N) is 5. The van der Waals surface area contributed by atoms with Crippen molar-refractivity contribution in [3.63, 3.8) is 0 Å². The molecule has 2 N–H and O–H groups in total. The molecule has 0 bridgehead atoms. The average molecular weight is 347 g/mol. The zero-order valence-electron chi connectivity index (χ0n) is 14.1. The van der Waals surface area contributed by atoms with E-state index in [0.717, 1.165) is 11.3 Å². The first-order valence-corrected chi connectivity index (χ1v) is 8.16. The van der Waals surface area contributed by atoms with Gasteiger partial charge >= 0.3 is 6.03 Å². The third-order valence-corrected chi connectivity index (χ3v) is 4.06. The number of carbonyl (C=O) groups excluding carboxylic acids is 1. The molecule has 0 unspecified atom stereocenters. The molecule has 0 fully saturated rings. The van der Waals surface area contributed by atoms with Gasteiger partial charge in [-0.05, 0) is 36.8 Å². The number of nitrogens with one attached hydrogen (secondary N) is 2. The van der Waals surface area contributed by atoms with Crippen LogP contribution in [-0.2, 0) is 0 Å². The van der Waals surface area contributed by atoms with E-state index in [4.69, 9.17) is 0 Å². The number of amides is 2. The number of imidazole rings is 1. The maximum Gasteiger partial charge on any atom is 0.322 e. The van der Waals surface area contributed by atoms with E-state index in [1.54, 1.807) is 23.1 Å². The summed E-state index contributed by atoms with van der Waals surface area (Å²) in [7, 11) is 0. The number of hydrogen-bond acceptors (Lipinski definition) is 4. The van der Waals surface area contributed by atoms with E-state index in [1.165, 1.54) is 0 Å². The molecule has 1 atom stereocenters. The molecule has 3 heterocycles. The van der Waals surface area contributed by atoms with Gasteiger partial charge in [0, 0.05) is 24.3 Å². The van der Waals surface area contributed by atoms with Crippen LogP contribution in [0.25, 0.3) is 11.3 Å². The molecular weight excluding hydrogens is 330 g/mol. The van der Waals surface area contributed by atoms with Gasteiger partial charge in [-0.15, -0.1) is 10.2 Å². The Morgan fingerprint density at radius 1 is 1.12 bits per heavy atom. The molecule has 0 saturated heterocycles. The molecule has 0 aliphatic heterocycles. The van der Waals surface area contributed by atoms with Crippen molar-refractivity contribution in [3.05, 3.63) is 72.9 Å². The molecule has 0 aliphatic carbocycles. The minimum atomic E-state index is -0.344. The molecule has 3 aromatic heterocycles. The van der Waals surface area contributed by atoms with Crippen molar-refractivity contribution in [1.29, 1.82) is 0 Å². The fraction of sp³-hybridized carbons (Fsp3) is 0.111. The normalized spacial score (nSPS) is 12.0. The molecule has 0 aliphatic rings. The number of anilines is 1. The van der Waals surface area contributed by atoms with Crippen molar-refractivity contribution >= 4 is 17.6 Å². The summed E-state index contributed by atoms with van der Waals surface area (Å²) in [6.45, 7) is 1.93. The largest absolute Gasteiger partial charge is 0.331 e. The fourth-order valence-electron chi connectivity index (χ4n) is 2.71. The zero-order valence-corrected chi connectivity index (χ0v) is 14.1. The summed E-state index contributed by atoms with van der Waals surface area (Å²) < 4.78 is 3.63. The van der Waals surface area contributed by atoms with E-state index in [2.05, 4.69) is 25.8 Å². The minimum absolute atomic E-state index is 0.183. The van der Waals surface area contributed by atoms with Gasteiger partial charge < -0.3 is 9.88 Å². The molecular formula is C18H17N7O. The second-order valence-electron chi connectivity index (χ2n) is 5.84. The van der Waals surface area contributed by atoms with Crippen LogP contribution in [0.1, 0.15) is 18.5 Å². The van der Waals surface area contributed by atoms with E-state index in [9.17, 15) is 4.79 Å². The molecule has 26 heavy (non-hydrogen) atoms. The lowest BCUT2D eigenvalue weighted by molar-refractivity contribution is 0.249. The second-order valence-corrected chi connectivity index (χ2v) is 5.84. The Kier molecular flexibility index (Phi) is 4.06. The van der Waals surface area contributed by atoms with Gasteiger partial charge in [0.2, 0.25) is 5.95 Å². The van der Waals surface area contributed by atoms with Crippen LogP contribution in [0.15, 0.2) is 67.4 Å². The predicted molar refractivity (Wildman–Crippen MR) is 97.1 cm³/mol. The molecule has 0 saturated carbocycles. The maximum absolute atomic E-state index is 12.3. The molecule has 130 valence electrons. The maximum atomic E-state index is 12.3. The summed E-state index contributed by atoms with van der Waals surface area (Å²) in [4.78, 5) is 16.4. The van der Waals surface area contributed by atoms with Crippen molar-refractivity contribution in [1.82, 2.24) is 29.5 Å². The van der Waals surface area contributed by atoms with E-state index in [-0.39, 0.29) is 12.1 Å². The quantitative estimate of drug-likeness (QED) is 0.594. The number of urea groups is 1. The SMILES string of the molecule is C[C@@H](NC(=O)Nc1nnc2ccccn12)c1cccc(-n2ccnc2)c1. The number of fused-ring (bicyclic) bond motifs is 1. The van der Waals surface area contributed by atoms with Crippen molar-refractivity contribution in [3.8, 4) is 5.69 Å². The summed E-state index contributed by atoms with van der Waals surface area (Å²) in [6, 6.07) is 12.9. The summed E-state index contributed by atoms with van der Waals surface area (Å²) in [5.74, 6) is 0.373. The van der Waals surface area contributed by atoms with Crippen LogP contribution >= 0.6 is 0 Å². The number of benzene rings is 1. The van der Waals surface area contributed by atoms with Crippen LogP contribution in [-0.4, -0.2) is 30.2 Å². The standard InChI is InChI=1S/C18H17N7O/c1-13(14-5-4-6-15(11-14)24-10-8-19-12-24)20-18(26)21-17-23-22-16-7-2-3-9-25(16)17/h2-13H,1H3,(H2,20,21,23,26)/t13-/m1/s1. The lowest BCUT2D eigenvalue weighted by Gasteiger charge is -2.15. The van der Waals surface area contributed by atoms with Crippen molar-refractivity contribution < 1.29 is 4.79 Å². The van der Waals surface area contributed by atoms with Crippen LogP contribution in [0.4, 0.5) is 10.7 Å². The Balaban J connectivity index is 1.47. The van der Waals surface area contributed by atoms with Gasteiger partial charge in [0.15, 0.2) is 5.65 Å². The predicted octanol–water partition coefficient (Wildman–Crippen LogP) is 2.80. The molecule has 8 heteroatoms. The van der Waals surface area contributed by atoms with Crippen molar-refractivity contribution in [2.75, 3.05) is 5.32 Å². The minimum Gasteiger partial charge on any atom is -0.331 e. The number of rotatable bonds is 4. The summed E-state index contributed by atoms with van der Waals surface area (Å²) in [5, 5.41) is 13.7. The summed E-state index contributed by atoms with van der Waals surface area (Å²) in [6.07, 6.45) is 7.13. The van der Waals surface area contributed by atoms with E-state index in [0.29, 0.717) is 11.6 Å². The zero-order chi connectivity index (χ0) is 17.9. The topological polar surface area (TPSA) is 89.1 Å². The Labute approximate surface area is 149 Å². The van der Waals surface area contributed by atoms with Crippen molar-refractivity contribution in [2.24, 2.45) is 0 Å². The van der Waals surface area contributed by atoms with Crippen LogP contribution in [0.3, 0.4) is 0 Å². The molecule has 2 amide bonds. The van der Waals surface area contributed by atoms with Crippen LogP contribution in [0.2, 0.25) is 0 Å². The monoisotopic (exact) mass is 347 g/mol. The number of pyridine rings is 1. The third-order valence-electron chi connectivity index (χ3n) is 4.06. The number of aromatic nitrogens is 5. The van der Waals surface area contributed by atoms with Gasteiger partial charge in [0.1, 0.15) is 0 Å². The van der Waals surface area contributed by atoms with Gasteiger partial charge in [-0.1, -0.05) is 18.2 Å². The van der Waals surface area contributed by atoms with Gasteiger partial charge in [-0.3, -0.25) is 9.72 Å². The second kappa shape index (κ2) is 6.67. The first kappa shape index (κ1) is 15.8. The highest BCUT2D eigenvalue weighted by Crippen LogP contribution is 2.17. The van der Waals surface area contributed by atoms with E-state index >= 15 is 0 Å². The first-order chi connectivity index (χ1) is 12.7. The van der Waals surface area contributed by atoms with Crippen LogP contribution in [0, 0.1) is 0 Å². The molecule has 4 rings (SSSR count). The van der Waals surface area contributed by atoms with Crippen LogP contribution in [0.5, 0.6) is 0 Å². The summed E-state index contributed by atoms with van der Waals surface area (Å²) >= 11 is 0. The van der Waals surface area contributed by atoms with Gasteiger partial charge in [-0.2, -0.15) is 0 Å². The Morgan fingerprint density at radius 2 is 2.04 bits per heavy atom. The molecule has 1 aromatic carbocycles. The van der Waals surface area contributed by atoms with Gasteiger partial charge in [-0.25, -0.2) is 9.78 Å². The highest BCUT2D eigenvalue weighted by molar-refractivity contribution is 5.88. The molecule has 8 nitrogen and oxygen atoms in total. The lowest BCUT2D eigenvalue weighted by atomic mass is 10.1. The Morgan fingerprint density at radius 3 is 2.88 bits per heavy atom. The Hall–Kier alpha value is -3.68. The van der Waals surface area contributed by atoms with E-state index < -0.39 is 0 Å². The lowest BCUT2D eigenvalue weighted by Crippen LogP contribution is -2.31. The smallest absolute Gasteiger partial charge is 0.322 e. The van der Waals surface area contributed by atoms with Crippen LogP contribution < -0.4 is 10.6 Å². The number of carbonyl (C=O) groups is 1. The fourth-order valence-corrected chi connectivity index (χ4v) is 2.71. The molecule has 4 aromatic rings. The third kappa shape index (κ3) is 3.12. The van der Waals surface area contributed by atoms with Crippen molar-refractivity contribution in [2.45, 2.75) is 13.0 Å². The molecule has 0 spiro atoms. The highest BCUT2D eigenvalue weighted by Gasteiger charge is 2.13. The Bertz CT molecular complexity index is 1040.